The fourth-order valence-corrected chi connectivity index (χ4v) is 2.01. The topological polar surface area (TPSA) is 68.0 Å². The van der Waals surface area contributed by atoms with Crippen molar-refractivity contribution >= 4 is 17.4 Å². The highest BCUT2D eigenvalue weighted by Gasteiger charge is 2.12. The number of nitrogens with zero attached hydrogens (tertiary/aromatic N) is 1. The Kier molecular flexibility index (Phi) is 4.21. The first-order valence-electron chi connectivity index (χ1n) is 6.71. The molecular formula is C16H18FN3O. The molecule has 0 saturated carbocycles. The van der Waals surface area contributed by atoms with Gasteiger partial charge < -0.3 is 11.1 Å². The number of benzene rings is 1. The molecule has 0 saturated heterocycles. The molecule has 4 nitrogen and oxygen atoms in total. The van der Waals surface area contributed by atoms with E-state index in [4.69, 9.17) is 5.73 Å². The lowest BCUT2D eigenvalue weighted by Gasteiger charge is -2.10. The van der Waals surface area contributed by atoms with Crippen LogP contribution in [-0.2, 0) is 0 Å². The summed E-state index contributed by atoms with van der Waals surface area (Å²) in [5.74, 6) is -0.267. The Balaban J connectivity index is 2.28. The Bertz CT molecular complexity index is 663. The molecule has 110 valence electrons. The molecule has 21 heavy (non-hydrogen) atoms. The zero-order chi connectivity index (χ0) is 15.6. The molecule has 0 unspecified atom stereocenters. The smallest absolute Gasteiger partial charge is 0.255 e. The molecule has 0 atom stereocenters. The van der Waals surface area contributed by atoms with E-state index in [0.717, 1.165) is 11.3 Å². The minimum Gasteiger partial charge on any atom is -0.384 e. The van der Waals surface area contributed by atoms with Crippen molar-refractivity contribution < 1.29 is 9.18 Å². The van der Waals surface area contributed by atoms with Crippen molar-refractivity contribution in [1.29, 1.82) is 0 Å². The summed E-state index contributed by atoms with van der Waals surface area (Å²) < 4.78 is 13.3. The van der Waals surface area contributed by atoms with Crippen LogP contribution in [0.4, 0.5) is 15.9 Å². The Morgan fingerprint density at radius 2 is 1.95 bits per heavy atom. The Morgan fingerprint density at radius 3 is 2.57 bits per heavy atom. The molecule has 1 aromatic heterocycles. The monoisotopic (exact) mass is 287 g/mol. The number of aryl methyl sites for hydroxylation is 1. The van der Waals surface area contributed by atoms with Gasteiger partial charge in [-0.1, -0.05) is 13.8 Å². The van der Waals surface area contributed by atoms with Crippen LogP contribution in [0.2, 0.25) is 0 Å². The molecule has 0 aliphatic carbocycles. The Labute approximate surface area is 123 Å². The number of nitrogens with two attached hydrogens (primary N) is 1. The minimum absolute atomic E-state index is 0.163. The first-order chi connectivity index (χ1) is 9.85. The van der Waals surface area contributed by atoms with Gasteiger partial charge in [0.2, 0.25) is 0 Å². The highest BCUT2D eigenvalue weighted by molar-refractivity contribution is 6.04. The van der Waals surface area contributed by atoms with Gasteiger partial charge in [-0.3, -0.25) is 4.79 Å². The largest absolute Gasteiger partial charge is 0.384 e. The van der Waals surface area contributed by atoms with Gasteiger partial charge >= 0.3 is 0 Å². The molecule has 0 spiro atoms. The van der Waals surface area contributed by atoms with Gasteiger partial charge in [-0.05, 0) is 48.7 Å². The first kappa shape index (κ1) is 15.0. The molecule has 5 heteroatoms. The van der Waals surface area contributed by atoms with Crippen molar-refractivity contribution in [2.75, 3.05) is 11.1 Å². The standard InChI is InChI=1S/C16H18FN3O/c1-9(2)14-6-11(7-15(18)20-14)16(21)19-13-5-10(3)4-12(17)8-13/h4-9H,1-3H3,(H2,18,20)(H,19,21). The van der Waals surface area contributed by atoms with Crippen LogP contribution >= 0.6 is 0 Å². The third-order valence-corrected chi connectivity index (χ3v) is 3.02. The third kappa shape index (κ3) is 3.78. The van der Waals surface area contributed by atoms with Crippen molar-refractivity contribution in [1.82, 2.24) is 4.98 Å². The number of carbonyl (C=O) groups is 1. The molecule has 1 aromatic carbocycles. The van der Waals surface area contributed by atoms with Gasteiger partial charge in [0.1, 0.15) is 11.6 Å². The average Bonchev–Trinajstić information content (AvgIpc) is 2.36. The third-order valence-electron chi connectivity index (χ3n) is 3.02. The lowest BCUT2D eigenvalue weighted by atomic mass is 10.1. The second kappa shape index (κ2) is 5.91. The summed E-state index contributed by atoms with van der Waals surface area (Å²) in [5, 5.41) is 2.67. The van der Waals surface area contributed by atoms with Crippen LogP contribution in [0.3, 0.4) is 0 Å². The molecule has 1 amide bonds. The summed E-state index contributed by atoms with van der Waals surface area (Å²) in [6, 6.07) is 7.58. The zero-order valence-corrected chi connectivity index (χ0v) is 12.3. The van der Waals surface area contributed by atoms with Crippen LogP contribution in [0, 0.1) is 12.7 Å². The maximum atomic E-state index is 13.3. The number of hydrogen-bond donors (Lipinski definition) is 2. The van der Waals surface area contributed by atoms with Crippen LogP contribution in [0.25, 0.3) is 0 Å². The second-order valence-corrected chi connectivity index (χ2v) is 5.33. The van der Waals surface area contributed by atoms with Crippen molar-refractivity contribution in [2.45, 2.75) is 26.7 Å². The molecule has 1 heterocycles. The number of halogens is 1. The van der Waals surface area contributed by atoms with Crippen LogP contribution in [0.15, 0.2) is 30.3 Å². The Hall–Kier alpha value is -2.43. The second-order valence-electron chi connectivity index (χ2n) is 5.33. The summed E-state index contributed by atoms with van der Waals surface area (Å²) in [6.07, 6.45) is 0. The molecule has 0 aliphatic heterocycles. The quantitative estimate of drug-likeness (QED) is 0.908. The molecule has 0 fully saturated rings. The number of hydrogen-bond acceptors (Lipinski definition) is 3. The van der Waals surface area contributed by atoms with Crippen molar-refractivity contribution in [2.24, 2.45) is 0 Å². The van der Waals surface area contributed by atoms with Gasteiger partial charge in [-0.25, -0.2) is 9.37 Å². The number of rotatable bonds is 3. The van der Waals surface area contributed by atoms with E-state index in [1.54, 1.807) is 19.1 Å². The normalized spacial score (nSPS) is 10.7. The number of nitrogen functional groups attached to an aromatic ring is 1. The number of pyridine rings is 1. The molecule has 0 bridgehead atoms. The number of amides is 1. The summed E-state index contributed by atoms with van der Waals surface area (Å²) in [4.78, 5) is 16.4. The fourth-order valence-electron chi connectivity index (χ4n) is 2.01. The lowest BCUT2D eigenvalue weighted by Crippen LogP contribution is -2.14. The van der Waals surface area contributed by atoms with Gasteiger partial charge in [0.05, 0.1) is 0 Å². The maximum Gasteiger partial charge on any atom is 0.255 e. The SMILES string of the molecule is Cc1cc(F)cc(NC(=O)c2cc(N)nc(C(C)C)c2)c1. The minimum atomic E-state index is -0.387. The van der Waals surface area contributed by atoms with Gasteiger partial charge in [0.25, 0.3) is 5.91 Å². The van der Waals surface area contributed by atoms with E-state index in [2.05, 4.69) is 10.3 Å². The highest BCUT2D eigenvalue weighted by Crippen LogP contribution is 2.18. The van der Waals surface area contributed by atoms with Crippen LogP contribution in [-0.4, -0.2) is 10.9 Å². The molecule has 0 aliphatic rings. The first-order valence-corrected chi connectivity index (χ1v) is 6.71. The molecule has 2 rings (SSSR count). The lowest BCUT2D eigenvalue weighted by molar-refractivity contribution is 0.102. The van der Waals surface area contributed by atoms with Crippen molar-refractivity contribution in [3.05, 3.63) is 53.0 Å². The van der Waals surface area contributed by atoms with Gasteiger partial charge in [0, 0.05) is 16.9 Å². The predicted molar refractivity (Wildman–Crippen MR) is 81.8 cm³/mol. The summed E-state index contributed by atoms with van der Waals surface area (Å²) >= 11 is 0. The predicted octanol–water partition coefficient (Wildman–Crippen LogP) is 3.49. The van der Waals surface area contributed by atoms with E-state index in [1.165, 1.54) is 18.2 Å². The zero-order valence-electron chi connectivity index (χ0n) is 12.3. The van der Waals surface area contributed by atoms with Crippen LogP contribution < -0.4 is 11.1 Å². The average molecular weight is 287 g/mol. The molecule has 0 radical (unpaired) electrons. The number of carbonyl (C=O) groups excluding carboxylic acids is 1. The van der Waals surface area contributed by atoms with E-state index >= 15 is 0 Å². The highest BCUT2D eigenvalue weighted by atomic mass is 19.1. The van der Waals surface area contributed by atoms with E-state index in [9.17, 15) is 9.18 Å². The maximum absolute atomic E-state index is 13.3. The van der Waals surface area contributed by atoms with Gasteiger partial charge in [-0.15, -0.1) is 0 Å². The summed E-state index contributed by atoms with van der Waals surface area (Å²) in [6.45, 7) is 5.71. The van der Waals surface area contributed by atoms with Crippen LogP contribution in [0.1, 0.15) is 41.4 Å². The summed E-state index contributed by atoms with van der Waals surface area (Å²) in [5.41, 5.74) is 8.04. The molecule has 3 N–H and O–H groups in total. The fraction of sp³-hybridized carbons (Fsp3) is 0.250. The summed E-state index contributed by atoms with van der Waals surface area (Å²) in [7, 11) is 0. The molecular weight excluding hydrogens is 269 g/mol. The van der Waals surface area contributed by atoms with E-state index < -0.39 is 0 Å². The van der Waals surface area contributed by atoms with Crippen molar-refractivity contribution in [3.63, 3.8) is 0 Å². The number of aromatic nitrogens is 1. The Morgan fingerprint density at radius 1 is 1.24 bits per heavy atom. The van der Waals surface area contributed by atoms with Crippen molar-refractivity contribution in [3.8, 4) is 0 Å². The van der Waals surface area contributed by atoms with Gasteiger partial charge in [0.15, 0.2) is 0 Å². The number of anilines is 2. The number of nitrogens with one attached hydrogen (secondary N) is 1. The molecule has 2 aromatic rings. The van der Waals surface area contributed by atoms with E-state index in [1.807, 2.05) is 13.8 Å². The van der Waals surface area contributed by atoms with E-state index in [0.29, 0.717) is 17.1 Å². The van der Waals surface area contributed by atoms with Crippen LogP contribution in [0.5, 0.6) is 0 Å². The van der Waals surface area contributed by atoms with Gasteiger partial charge in [-0.2, -0.15) is 0 Å². The van der Waals surface area contributed by atoms with E-state index in [-0.39, 0.29) is 17.6 Å².